The van der Waals surface area contributed by atoms with Crippen molar-refractivity contribution in [3.8, 4) is 17.2 Å². The van der Waals surface area contributed by atoms with Gasteiger partial charge in [-0.2, -0.15) is 0 Å². The first-order valence-electron chi connectivity index (χ1n) is 13.7. The number of nitrogens with zero attached hydrogens (tertiary/aromatic N) is 1. The number of phenols is 1. The van der Waals surface area contributed by atoms with E-state index in [1.54, 1.807) is 19.1 Å². The molecule has 40 heavy (non-hydrogen) atoms. The third-order valence-electron chi connectivity index (χ3n) is 7.94. The van der Waals surface area contributed by atoms with Gasteiger partial charge in [-0.25, -0.2) is 4.98 Å². The van der Waals surface area contributed by atoms with Gasteiger partial charge in [-0.3, -0.25) is 9.59 Å². The van der Waals surface area contributed by atoms with E-state index in [1.165, 1.54) is 25.7 Å². The van der Waals surface area contributed by atoms with Crippen LogP contribution in [-0.2, 0) is 11.2 Å². The molecule has 4 aromatic rings. The summed E-state index contributed by atoms with van der Waals surface area (Å²) in [5, 5.41) is 23.9. The van der Waals surface area contributed by atoms with E-state index in [-0.39, 0.29) is 35.0 Å². The lowest BCUT2D eigenvalue weighted by molar-refractivity contribution is -0.122. The molecule has 0 bridgehead atoms. The predicted octanol–water partition coefficient (Wildman–Crippen LogP) is 5.08. The number of imidazole rings is 1. The summed E-state index contributed by atoms with van der Waals surface area (Å²) in [5.41, 5.74) is 1.78. The molecule has 0 radical (unpaired) electrons. The standard InChI is InChI=1S/C31H35N3O6/c1-19-14-25(36)29(38)30(40-19)21(20-10-11-24(35)26(15-20)39-2)16-28(37)32-18-31(12-6-3-7-13-31)17-27-33-22-8-4-5-9-23(22)34-27/h4-5,8-11,14-15,21,35,38H,3,6-7,12-13,16-18H2,1-2H3,(H,32,37)(H,33,34)/t21-/m1/s1. The maximum Gasteiger partial charge on any atom is 0.227 e. The van der Waals surface area contributed by atoms with Crippen LogP contribution in [0.2, 0.25) is 0 Å². The molecule has 1 aliphatic rings. The number of methoxy groups -OCH3 is 1. The quantitative estimate of drug-likeness (QED) is 0.230. The van der Waals surface area contributed by atoms with E-state index < -0.39 is 17.1 Å². The van der Waals surface area contributed by atoms with Crippen LogP contribution in [0.15, 0.2) is 57.7 Å². The van der Waals surface area contributed by atoms with Crippen LogP contribution >= 0.6 is 0 Å². The van der Waals surface area contributed by atoms with Gasteiger partial charge in [0.25, 0.3) is 0 Å². The number of aromatic hydroxyl groups is 2. The summed E-state index contributed by atoms with van der Waals surface area (Å²) in [5.74, 6) is -0.168. The van der Waals surface area contributed by atoms with E-state index in [2.05, 4.69) is 10.3 Å². The van der Waals surface area contributed by atoms with Crippen molar-refractivity contribution in [1.82, 2.24) is 15.3 Å². The average Bonchev–Trinajstić information content (AvgIpc) is 3.35. The monoisotopic (exact) mass is 545 g/mol. The fourth-order valence-corrected chi connectivity index (χ4v) is 5.84. The zero-order chi connectivity index (χ0) is 28.3. The highest BCUT2D eigenvalue weighted by Crippen LogP contribution is 2.40. The number of aromatic nitrogens is 2. The summed E-state index contributed by atoms with van der Waals surface area (Å²) >= 11 is 0. The maximum absolute atomic E-state index is 13.5. The zero-order valence-corrected chi connectivity index (χ0v) is 22.8. The number of nitrogens with one attached hydrogen (secondary N) is 2. The Hall–Kier alpha value is -4.27. The van der Waals surface area contributed by atoms with Gasteiger partial charge in [0.2, 0.25) is 17.1 Å². The Bertz CT molecular complexity index is 1530. The molecular weight excluding hydrogens is 510 g/mol. The van der Waals surface area contributed by atoms with E-state index in [1.807, 2.05) is 24.3 Å². The number of ether oxygens (including phenoxy) is 1. The van der Waals surface area contributed by atoms with E-state index >= 15 is 0 Å². The number of para-hydroxylation sites is 2. The molecule has 1 fully saturated rings. The summed E-state index contributed by atoms with van der Waals surface area (Å²) in [7, 11) is 1.43. The van der Waals surface area contributed by atoms with E-state index in [0.717, 1.165) is 49.0 Å². The minimum absolute atomic E-state index is 0.00236. The zero-order valence-electron chi connectivity index (χ0n) is 22.8. The van der Waals surface area contributed by atoms with Gasteiger partial charge in [0, 0.05) is 25.5 Å². The van der Waals surface area contributed by atoms with Crippen molar-refractivity contribution < 1.29 is 24.2 Å². The van der Waals surface area contributed by atoms with Crippen molar-refractivity contribution in [3.05, 3.63) is 81.7 Å². The number of fused-ring (bicyclic) bond motifs is 1. The summed E-state index contributed by atoms with van der Waals surface area (Å²) < 4.78 is 11.0. The lowest BCUT2D eigenvalue weighted by Crippen LogP contribution is -2.41. The highest BCUT2D eigenvalue weighted by atomic mass is 16.5. The Morgan fingerprint density at radius 1 is 1.15 bits per heavy atom. The molecule has 0 saturated heterocycles. The molecule has 1 atom stereocenters. The lowest BCUT2D eigenvalue weighted by atomic mass is 9.71. The van der Waals surface area contributed by atoms with Crippen LogP contribution in [0.4, 0.5) is 0 Å². The number of benzene rings is 2. The van der Waals surface area contributed by atoms with Crippen LogP contribution in [0.25, 0.3) is 11.0 Å². The Morgan fingerprint density at radius 2 is 1.93 bits per heavy atom. The first kappa shape index (κ1) is 27.3. The number of hydrogen-bond donors (Lipinski definition) is 4. The van der Waals surface area contributed by atoms with Gasteiger partial charge in [-0.15, -0.1) is 0 Å². The molecule has 2 aromatic heterocycles. The second kappa shape index (κ2) is 11.5. The van der Waals surface area contributed by atoms with Crippen LogP contribution < -0.4 is 15.5 Å². The number of carbonyl (C=O) groups excluding carboxylic acids is 1. The fraction of sp³-hybridized carbons (Fsp3) is 0.387. The van der Waals surface area contributed by atoms with Crippen LogP contribution in [0.3, 0.4) is 0 Å². The summed E-state index contributed by atoms with van der Waals surface area (Å²) in [6, 6.07) is 13.8. The molecule has 0 aliphatic heterocycles. The first-order chi connectivity index (χ1) is 19.3. The van der Waals surface area contributed by atoms with Crippen LogP contribution in [0.1, 0.15) is 67.4 Å². The van der Waals surface area contributed by atoms with Gasteiger partial charge in [0.15, 0.2) is 17.3 Å². The van der Waals surface area contributed by atoms with Crippen molar-refractivity contribution in [2.45, 2.75) is 57.8 Å². The smallest absolute Gasteiger partial charge is 0.227 e. The Labute approximate surface area is 232 Å². The predicted molar refractivity (Wildman–Crippen MR) is 151 cm³/mol. The second-order valence-electron chi connectivity index (χ2n) is 10.8. The molecule has 2 heterocycles. The first-order valence-corrected chi connectivity index (χ1v) is 13.7. The highest BCUT2D eigenvalue weighted by Gasteiger charge is 2.34. The molecule has 0 spiro atoms. The number of aryl methyl sites for hydroxylation is 1. The van der Waals surface area contributed by atoms with Crippen LogP contribution in [0.5, 0.6) is 17.2 Å². The molecule has 4 N–H and O–H groups in total. The van der Waals surface area contributed by atoms with Crippen molar-refractivity contribution in [1.29, 1.82) is 0 Å². The van der Waals surface area contributed by atoms with Gasteiger partial charge >= 0.3 is 0 Å². The Morgan fingerprint density at radius 3 is 2.67 bits per heavy atom. The summed E-state index contributed by atoms with van der Waals surface area (Å²) in [6.07, 6.45) is 5.98. The lowest BCUT2D eigenvalue weighted by Gasteiger charge is -2.37. The molecule has 1 saturated carbocycles. The number of rotatable bonds is 9. The average molecular weight is 546 g/mol. The number of hydrogen-bond acceptors (Lipinski definition) is 7. The number of phenolic OH excluding ortho intramolecular Hbond substituents is 1. The minimum atomic E-state index is -0.778. The Balaban J connectivity index is 1.39. The fourth-order valence-electron chi connectivity index (χ4n) is 5.84. The summed E-state index contributed by atoms with van der Waals surface area (Å²) in [4.78, 5) is 34.1. The molecular formula is C31H35N3O6. The van der Waals surface area contributed by atoms with Crippen molar-refractivity contribution in [3.63, 3.8) is 0 Å². The topological polar surface area (TPSA) is 138 Å². The largest absolute Gasteiger partial charge is 0.504 e. The van der Waals surface area contributed by atoms with Gasteiger partial charge in [0.1, 0.15) is 11.6 Å². The van der Waals surface area contributed by atoms with Crippen molar-refractivity contribution >= 4 is 16.9 Å². The number of aromatic amines is 1. The number of H-pyrrole nitrogens is 1. The van der Waals surface area contributed by atoms with Crippen LogP contribution in [0, 0.1) is 12.3 Å². The molecule has 9 nitrogen and oxygen atoms in total. The van der Waals surface area contributed by atoms with Crippen LogP contribution in [-0.4, -0.2) is 39.7 Å². The third-order valence-corrected chi connectivity index (χ3v) is 7.94. The van der Waals surface area contributed by atoms with Gasteiger partial charge in [-0.1, -0.05) is 37.5 Å². The highest BCUT2D eigenvalue weighted by molar-refractivity contribution is 5.78. The van der Waals surface area contributed by atoms with E-state index in [0.29, 0.717) is 17.9 Å². The van der Waals surface area contributed by atoms with Crippen molar-refractivity contribution in [2.75, 3.05) is 13.7 Å². The van der Waals surface area contributed by atoms with Gasteiger partial charge in [0.05, 0.1) is 24.1 Å². The van der Waals surface area contributed by atoms with E-state index in [4.69, 9.17) is 14.1 Å². The van der Waals surface area contributed by atoms with Gasteiger partial charge < -0.3 is 29.7 Å². The molecule has 1 amide bonds. The number of carbonyl (C=O) groups is 1. The molecule has 210 valence electrons. The summed E-state index contributed by atoms with van der Waals surface area (Å²) in [6.45, 7) is 2.10. The molecule has 2 aromatic carbocycles. The normalized spacial score (nSPS) is 15.6. The minimum Gasteiger partial charge on any atom is -0.504 e. The SMILES string of the molecule is COc1cc([C@@H](CC(=O)NCC2(Cc3nc4ccccc4[nH]3)CCCCC2)c2oc(C)cc(=O)c2O)ccc1O. The molecule has 0 unspecified atom stereocenters. The Kier molecular flexibility index (Phi) is 7.82. The second-order valence-corrected chi connectivity index (χ2v) is 10.8. The maximum atomic E-state index is 13.5. The molecule has 1 aliphatic carbocycles. The van der Waals surface area contributed by atoms with E-state index in [9.17, 15) is 19.8 Å². The number of amides is 1. The molecule has 9 heteroatoms. The molecule has 5 rings (SSSR count). The van der Waals surface area contributed by atoms with Gasteiger partial charge in [-0.05, 0) is 55.0 Å². The third kappa shape index (κ3) is 5.83. The van der Waals surface area contributed by atoms with Crippen molar-refractivity contribution in [2.24, 2.45) is 5.41 Å².